The largest absolute Gasteiger partial charge is 0.697 e. The molecule has 8 heteroatoms. The van der Waals surface area contributed by atoms with E-state index in [2.05, 4.69) is 5.32 Å². The van der Waals surface area contributed by atoms with Crippen molar-refractivity contribution < 1.29 is 46.3 Å². The van der Waals surface area contributed by atoms with Gasteiger partial charge in [-0.05, 0) is 19.3 Å². The van der Waals surface area contributed by atoms with Crippen molar-refractivity contribution in [1.82, 2.24) is 5.32 Å². The van der Waals surface area contributed by atoms with Gasteiger partial charge in [-0.25, -0.2) is 0 Å². The van der Waals surface area contributed by atoms with E-state index in [0.29, 0.717) is 26.3 Å². The summed E-state index contributed by atoms with van der Waals surface area (Å²) in [5, 5.41) is 3.03. The summed E-state index contributed by atoms with van der Waals surface area (Å²) in [5.41, 5.74) is 10.3. The van der Waals surface area contributed by atoms with Gasteiger partial charge in [-0.3, -0.25) is 0 Å². The maximum atomic E-state index is 10.5. The summed E-state index contributed by atoms with van der Waals surface area (Å²) in [4.78, 5) is 0. The summed E-state index contributed by atoms with van der Waals surface area (Å²) in [6, 6.07) is 0. The van der Waals surface area contributed by atoms with Gasteiger partial charge < -0.3 is 16.8 Å². The van der Waals surface area contributed by atoms with Gasteiger partial charge in [0.05, 0.1) is 0 Å². The number of nitrogens with one attached hydrogen (secondary N) is 1. The van der Waals surface area contributed by atoms with Crippen LogP contribution in [-0.4, -0.2) is 39.4 Å². The summed E-state index contributed by atoms with van der Waals surface area (Å²) in [6.07, 6.45) is 3.12. The van der Waals surface area contributed by atoms with Crippen molar-refractivity contribution in [2.75, 3.05) is 39.4 Å². The molecule has 0 amide bonds. The molecule has 0 unspecified atom stereocenters. The van der Waals surface area contributed by atoms with Crippen LogP contribution < -0.4 is 16.8 Å². The summed E-state index contributed by atoms with van der Waals surface area (Å²) >= 11 is 0. The summed E-state index contributed by atoms with van der Waals surface area (Å²) < 4.78 is 20.1. The van der Waals surface area contributed by atoms with Crippen LogP contribution in [0.4, 0.5) is 0 Å². The van der Waals surface area contributed by atoms with Gasteiger partial charge in [0.2, 0.25) is 0 Å². The van der Waals surface area contributed by atoms with Crippen LogP contribution in [0.15, 0.2) is 0 Å². The average molecular weight is 341 g/mol. The average Bonchev–Trinajstić information content (AvgIpc) is 2.25. The maximum absolute atomic E-state index is 10.5. The van der Waals surface area contributed by atoms with Crippen LogP contribution in [0.3, 0.4) is 0 Å². The van der Waals surface area contributed by atoms with Crippen LogP contribution in [0.25, 0.3) is 0 Å². The van der Waals surface area contributed by atoms with Gasteiger partial charge in [0.15, 0.2) is 0 Å². The van der Waals surface area contributed by atoms with Crippen molar-refractivity contribution in [2.45, 2.75) is 19.3 Å². The van der Waals surface area contributed by atoms with Crippen LogP contribution in [0.1, 0.15) is 19.3 Å². The van der Waals surface area contributed by atoms with Gasteiger partial charge in [-0.1, -0.05) is 0 Å². The second-order valence-electron chi connectivity index (χ2n) is 3.28. The van der Waals surface area contributed by atoms with Crippen molar-refractivity contribution >= 4 is 8.25 Å². The molecule has 0 spiro atoms. The van der Waals surface area contributed by atoms with E-state index in [1.807, 2.05) is 0 Å². The summed E-state index contributed by atoms with van der Waals surface area (Å²) in [5.74, 6) is 0. The van der Waals surface area contributed by atoms with E-state index in [-0.39, 0.29) is 32.7 Å². The Hall–Kier alpha value is 1.00. The number of hydrogen-bond acceptors (Lipinski definition) is 6. The van der Waals surface area contributed by atoms with Gasteiger partial charge in [0.25, 0.3) is 0 Å². The van der Waals surface area contributed by atoms with Crippen LogP contribution in [0.5, 0.6) is 0 Å². The number of nitrogens with two attached hydrogens (primary N) is 2. The summed E-state index contributed by atoms with van der Waals surface area (Å²) in [6.45, 7) is 4.29. The Balaban J connectivity index is 0. The second kappa shape index (κ2) is 17.0. The monoisotopic (exact) mass is 341 g/mol. The zero-order valence-electron chi connectivity index (χ0n) is 10.3. The molecule has 0 saturated carbocycles. The molecule has 6 nitrogen and oxygen atoms in total. The topological polar surface area (TPSA) is 99.6 Å². The molecule has 1 aliphatic heterocycles. The van der Waals surface area contributed by atoms with Gasteiger partial charge in [-0.15, -0.1) is 9.05 Å². The molecule has 1 saturated heterocycles. The van der Waals surface area contributed by atoms with Gasteiger partial charge >= 0.3 is 8.25 Å². The Morgan fingerprint density at radius 2 is 1.47 bits per heavy atom. The van der Waals surface area contributed by atoms with Crippen molar-refractivity contribution in [3.8, 4) is 0 Å². The van der Waals surface area contributed by atoms with E-state index in [9.17, 15) is 4.57 Å². The fourth-order valence-electron chi connectivity index (χ4n) is 1.03. The minimum Gasteiger partial charge on any atom is -0.329 e. The van der Waals surface area contributed by atoms with Gasteiger partial charge in [0.1, 0.15) is 13.2 Å². The SMILES string of the molecule is NCCNCCN.O=[P+]1OCCCCCO1.[Y]. The first-order valence-electron chi connectivity index (χ1n) is 5.65. The summed E-state index contributed by atoms with van der Waals surface area (Å²) in [7, 11) is -1.79. The van der Waals surface area contributed by atoms with Crippen LogP contribution >= 0.6 is 8.25 Å². The Kier molecular flexibility index (Phi) is 20.3. The maximum Gasteiger partial charge on any atom is 0.697 e. The minimum absolute atomic E-state index is 0. The molecule has 0 aromatic carbocycles. The molecule has 0 aliphatic carbocycles. The Morgan fingerprint density at radius 3 is 1.88 bits per heavy atom. The van der Waals surface area contributed by atoms with Crippen LogP contribution in [0, 0.1) is 0 Å². The fraction of sp³-hybridized carbons (Fsp3) is 1.00. The zero-order chi connectivity index (χ0) is 12.1. The molecule has 99 valence electrons. The molecule has 1 rings (SSSR count). The fourth-order valence-corrected chi connectivity index (χ4v) is 1.66. The van der Waals surface area contributed by atoms with Gasteiger partial charge in [-0.2, -0.15) is 0 Å². The quantitative estimate of drug-likeness (QED) is 0.504. The number of hydrogen-bond donors (Lipinski definition) is 3. The predicted molar refractivity (Wildman–Crippen MR) is 64.3 cm³/mol. The molecular formula is C9H23N3O3PY+. The molecule has 0 aromatic heterocycles. The van der Waals surface area contributed by atoms with Crippen molar-refractivity contribution in [2.24, 2.45) is 11.5 Å². The normalized spacial score (nSPS) is 16.0. The van der Waals surface area contributed by atoms with E-state index in [4.69, 9.17) is 20.5 Å². The Labute approximate surface area is 129 Å². The van der Waals surface area contributed by atoms with Crippen LogP contribution in [0.2, 0.25) is 0 Å². The first-order chi connectivity index (χ1) is 7.81. The van der Waals surface area contributed by atoms with E-state index in [1.165, 1.54) is 0 Å². The molecule has 0 aromatic rings. The molecule has 0 atom stereocenters. The molecule has 1 fully saturated rings. The zero-order valence-corrected chi connectivity index (χ0v) is 14.0. The molecule has 1 radical (unpaired) electrons. The van der Waals surface area contributed by atoms with E-state index < -0.39 is 8.25 Å². The minimum atomic E-state index is -1.79. The molecule has 1 aliphatic rings. The third-order valence-electron chi connectivity index (χ3n) is 1.82. The number of rotatable bonds is 4. The van der Waals surface area contributed by atoms with E-state index in [1.54, 1.807) is 0 Å². The molecule has 0 bridgehead atoms. The molecular weight excluding hydrogens is 318 g/mol. The van der Waals surface area contributed by atoms with Crippen molar-refractivity contribution in [3.63, 3.8) is 0 Å². The standard InChI is InChI=1S/C5H10O3P.C4H13N3.Y/c6-9-7-4-2-1-3-5-8-9;5-1-3-7-4-2-6;/h1-5H2;7H,1-6H2;/q+1;;. The Bertz CT molecular complexity index is 164. The van der Waals surface area contributed by atoms with E-state index in [0.717, 1.165) is 32.4 Å². The predicted octanol–water partition coefficient (Wildman–Crippen LogP) is 0.352. The van der Waals surface area contributed by atoms with Crippen molar-refractivity contribution in [1.29, 1.82) is 0 Å². The van der Waals surface area contributed by atoms with Crippen molar-refractivity contribution in [3.05, 3.63) is 0 Å². The molecule has 17 heavy (non-hydrogen) atoms. The first kappa shape index (κ1) is 20.3. The smallest absolute Gasteiger partial charge is 0.329 e. The second-order valence-corrected chi connectivity index (χ2v) is 4.24. The molecule has 1 heterocycles. The van der Waals surface area contributed by atoms with Gasteiger partial charge in [0, 0.05) is 63.5 Å². The van der Waals surface area contributed by atoms with E-state index >= 15 is 0 Å². The molecule has 5 N–H and O–H groups in total. The van der Waals surface area contributed by atoms with Crippen LogP contribution in [-0.2, 0) is 46.3 Å². The third-order valence-corrected chi connectivity index (χ3v) is 2.61. The third kappa shape index (κ3) is 17.0. The Morgan fingerprint density at radius 1 is 1.00 bits per heavy atom. The first-order valence-corrected chi connectivity index (χ1v) is 6.74.